The Morgan fingerprint density at radius 1 is 1.33 bits per heavy atom. The fourth-order valence-electron chi connectivity index (χ4n) is 1.09. The summed E-state index contributed by atoms with van der Waals surface area (Å²) < 4.78 is 9.53. The molecular weight excluding hydrogens is 192 g/mol. The van der Waals surface area contributed by atoms with Crippen LogP contribution in [0.3, 0.4) is 0 Å². The van der Waals surface area contributed by atoms with Crippen LogP contribution in [0.4, 0.5) is 0 Å². The second-order valence-electron chi connectivity index (χ2n) is 2.95. The number of rotatable bonds is 1. The standard InChI is InChI=1S/C12H12O3/c1-9-4-6-11(14-2)10(8-9)5-7-12(13)15-3/h4,6,8H,1-3H3. The third kappa shape index (κ3) is 3.03. The lowest BCUT2D eigenvalue weighted by molar-refractivity contribution is -0.133. The molecule has 0 fully saturated rings. The summed E-state index contributed by atoms with van der Waals surface area (Å²) in [5.74, 6) is 5.16. The van der Waals surface area contributed by atoms with Gasteiger partial charge in [-0.05, 0) is 24.6 Å². The molecule has 0 spiro atoms. The average molecular weight is 204 g/mol. The highest BCUT2D eigenvalue weighted by Crippen LogP contribution is 2.18. The van der Waals surface area contributed by atoms with E-state index in [9.17, 15) is 4.79 Å². The number of esters is 1. The summed E-state index contributed by atoms with van der Waals surface area (Å²) in [6.45, 7) is 1.95. The first-order chi connectivity index (χ1) is 7.17. The van der Waals surface area contributed by atoms with Crippen LogP contribution in [-0.2, 0) is 9.53 Å². The van der Waals surface area contributed by atoms with Crippen molar-refractivity contribution in [2.45, 2.75) is 6.92 Å². The quantitative estimate of drug-likeness (QED) is 0.514. The van der Waals surface area contributed by atoms with E-state index in [1.54, 1.807) is 7.11 Å². The summed E-state index contributed by atoms with van der Waals surface area (Å²) >= 11 is 0. The van der Waals surface area contributed by atoms with Gasteiger partial charge in [-0.15, -0.1) is 0 Å². The van der Waals surface area contributed by atoms with Crippen molar-refractivity contribution in [2.75, 3.05) is 14.2 Å². The molecule has 0 N–H and O–H groups in total. The summed E-state index contributed by atoms with van der Waals surface area (Å²) in [5, 5.41) is 0. The van der Waals surface area contributed by atoms with Gasteiger partial charge in [0.15, 0.2) is 0 Å². The lowest BCUT2D eigenvalue weighted by Crippen LogP contribution is -1.95. The number of methoxy groups -OCH3 is 2. The van der Waals surface area contributed by atoms with E-state index >= 15 is 0 Å². The van der Waals surface area contributed by atoms with Gasteiger partial charge in [0.1, 0.15) is 5.75 Å². The molecule has 0 aliphatic rings. The van der Waals surface area contributed by atoms with Crippen molar-refractivity contribution in [1.29, 1.82) is 0 Å². The zero-order valence-corrected chi connectivity index (χ0v) is 8.96. The van der Waals surface area contributed by atoms with E-state index in [0.717, 1.165) is 5.56 Å². The molecule has 0 heterocycles. The molecule has 1 aromatic rings. The molecule has 0 atom stereocenters. The third-order valence-electron chi connectivity index (χ3n) is 1.84. The van der Waals surface area contributed by atoms with Gasteiger partial charge in [0.05, 0.1) is 19.8 Å². The zero-order chi connectivity index (χ0) is 11.3. The molecule has 0 saturated carbocycles. The van der Waals surface area contributed by atoms with Crippen molar-refractivity contribution in [3.05, 3.63) is 29.3 Å². The van der Waals surface area contributed by atoms with Crippen molar-refractivity contribution in [2.24, 2.45) is 0 Å². The molecule has 3 nitrogen and oxygen atoms in total. The Bertz CT molecular complexity index is 424. The van der Waals surface area contributed by atoms with Gasteiger partial charge < -0.3 is 9.47 Å². The van der Waals surface area contributed by atoms with Crippen LogP contribution in [0.1, 0.15) is 11.1 Å². The van der Waals surface area contributed by atoms with Crippen LogP contribution < -0.4 is 4.74 Å². The normalized spacial score (nSPS) is 8.73. The van der Waals surface area contributed by atoms with Crippen molar-refractivity contribution < 1.29 is 14.3 Å². The van der Waals surface area contributed by atoms with E-state index in [1.807, 2.05) is 25.1 Å². The van der Waals surface area contributed by atoms with Gasteiger partial charge in [-0.3, -0.25) is 0 Å². The molecule has 15 heavy (non-hydrogen) atoms. The maximum atomic E-state index is 10.8. The predicted octanol–water partition coefficient (Wildman–Crippen LogP) is 1.53. The van der Waals surface area contributed by atoms with Gasteiger partial charge >= 0.3 is 5.97 Å². The van der Waals surface area contributed by atoms with Crippen LogP contribution >= 0.6 is 0 Å². The Hall–Kier alpha value is -1.95. The topological polar surface area (TPSA) is 35.5 Å². The van der Waals surface area contributed by atoms with Crippen LogP contribution in [0.5, 0.6) is 5.75 Å². The van der Waals surface area contributed by atoms with Crippen LogP contribution in [-0.4, -0.2) is 20.2 Å². The molecule has 0 saturated heterocycles. The molecule has 1 aromatic carbocycles. The van der Waals surface area contributed by atoms with Gasteiger partial charge in [0.2, 0.25) is 0 Å². The van der Waals surface area contributed by atoms with Gasteiger partial charge in [-0.1, -0.05) is 12.0 Å². The molecule has 0 aliphatic heterocycles. The summed E-state index contributed by atoms with van der Waals surface area (Å²) in [4.78, 5) is 10.8. The first-order valence-corrected chi connectivity index (χ1v) is 4.42. The van der Waals surface area contributed by atoms with Crippen LogP contribution in [0, 0.1) is 18.8 Å². The van der Waals surface area contributed by atoms with Gasteiger partial charge in [0, 0.05) is 5.92 Å². The van der Waals surface area contributed by atoms with Crippen molar-refractivity contribution in [3.8, 4) is 17.6 Å². The SMILES string of the molecule is COC(=O)C#Cc1cc(C)ccc1OC. The average Bonchev–Trinajstić information content (AvgIpc) is 2.26. The minimum Gasteiger partial charge on any atom is -0.495 e. The number of aryl methyl sites for hydroxylation is 1. The van der Waals surface area contributed by atoms with Crippen LogP contribution in [0.2, 0.25) is 0 Å². The Morgan fingerprint density at radius 3 is 2.67 bits per heavy atom. The van der Waals surface area contributed by atoms with Gasteiger partial charge in [-0.25, -0.2) is 4.79 Å². The maximum absolute atomic E-state index is 10.8. The zero-order valence-electron chi connectivity index (χ0n) is 8.96. The Morgan fingerprint density at radius 2 is 2.07 bits per heavy atom. The first-order valence-electron chi connectivity index (χ1n) is 4.42. The van der Waals surface area contributed by atoms with E-state index in [0.29, 0.717) is 11.3 Å². The number of carbonyl (C=O) groups is 1. The predicted molar refractivity (Wildman–Crippen MR) is 56.6 cm³/mol. The lowest BCUT2D eigenvalue weighted by Gasteiger charge is -2.03. The number of hydrogen-bond acceptors (Lipinski definition) is 3. The molecule has 0 aromatic heterocycles. The largest absolute Gasteiger partial charge is 0.495 e. The molecule has 3 heteroatoms. The van der Waals surface area contributed by atoms with E-state index < -0.39 is 5.97 Å². The summed E-state index contributed by atoms with van der Waals surface area (Å²) in [7, 11) is 2.86. The smallest absolute Gasteiger partial charge is 0.384 e. The fraction of sp³-hybridized carbons (Fsp3) is 0.250. The number of ether oxygens (including phenoxy) is 2. The van der Waals surface area contributed by atoms with Crippen molar-refractivity contribution in [1.82, 2.24) is 0 Å². The molecule has 0 aliphatic carbocycles. The second-order valence-corrected chi connectivity index (χ2v) is 2.95. The molecule has 78 valence electrons. The van der Waals surface area contributed by atoms with Gasteiger partial charge in [-0.2, -0.15) is 0 Å². The lowest BCUT2D eigenvalue weighted by atomic mass is 10.1. The fourth-order valence-corrected chi connectivity index (χ4v) is 1.09. The minimum absolute atomic E-state index is 0.557. The van der Waals surface area contributed by atoms with E-state index in [2.05, 4.69) is 16.6 Å². The second kappa shape index (κ2) is 5.06. The molecule has 1 rings (SSSR count). The molecule has 0 amide bonds. The first kappa shape index (κ1) is 11.1. The number of hydrogen-bond donors (Lipinski definition) is 0. The maximum Gasteiger partial charge on any atom is 0.384 e. The summed E-state index contributed by atoms with van der Waals surface area (Å²) in [6.07, 6.45) is 0. The third-order valence-corrected chi connectivity index (χ3v) is 1.84. The monoisotopic (exact) mass is 204 g/mol. The van der Waals surface area contributed by atoms with E-state index in [1.165, 1.54) is 7.11 Å². The molecule has 0 unspecified atom stereocenters. The highest BCUT2D eigenvalue weighted by Gasteiger charge is 2.00. The molecule has 0 radical (unpaired) electrons. The Labute approximate surface area is 89.0 Å². The van der Waals surface area contributed by atoms with E-state index in [4.69, 9.17) is 4.74 Å². The highest BCUT2D eigenvalue weighted by atomic mass is 16.5. The van der Waals surface area contributed by atoms with Crippen LogP contribution in [0.25, 0.3) is 0 Å². The number of carbonyl (C=O) groups excluding carboxylic acids is 1. The van der Waals surface area contributed by atoms with Crippen LogP contribution in [0.15, 0.2) is 18.2 Å². The minimum atomic E-state index is -0.557. The summed E-state index contributed by atoms with van der Waals surface area (Å²) in [5.41, 5.74) is 1.74. The Balaban J connectivity index is 3.05. The summed E-state index contributed by atoms with van der Waals surface area (Å²) in [6, 6.07) is 5.59. The number of benzene rings is 1. The van der Waals surface area contributed by atoms with Crippen molar-refractivity contribution >= 4 is 5.97 Å². The molecule has 0 bridgehead atoms. The van der Waals surface area contributed by atoms with Crippen molar-refractivity contribution in [3.63, 3.8) is 0 Å². The highest BCUT2D eigenvalue weighted by molar-refractivity contribution is 5.89. The Kier molecular flexibility index (Phi) is 3.75. The van der Waals surface area contributed by atoms with Gasteiger partial charge in [0.25, 0.3) is 0 Å². The molecular formula is C12H12O3. The van der Waals surface area contributed by atoms with E-state index in [-0.39, 0.29) is 0 Å².